The van der Waals surface area contributed by atoms with Gasteiger partial charge in [-0.25, -0.2) is 4.98 Å². The van der Waals surface area contributed by atoms with Crippen molar-refractivity contribution in [3.05, 3.63) is 51.0 Å². The molecule has 0 aliphatic heterocycles. The van der Waals surface area contributed by atoms with Crippen LogP contribution in [0.25, 0.3) is 0 Å². The fraction of sp³-hybridized carbons (Fsp3) is 0.286. The van der Waals surface area contributed by atoms with Crippen LogP contribution in [0.5, 0.6) is 0 Å². The third-order valence-electron chi connectivity index (χ3n) is 2.86. The number of hydrogen-bond donors (Lipinski definition) is 1. The molecule has 2 rings (SSSR count). The molecule has 1 heterocycles. The first-order valence-corrected chi connectivity index (χ1v) is 7.85. The van der Waals surface area contributed by atoms with E-state index in [1.54, 1.807) is 11.8 Å². The van der Waals surface area contributed by atoms with Crippen LogP contribution >= 0.6 is 35.6 Å². The highest BCUT2D eigenvalue weighted by Gasteiger charge is 2.05. The second-order valence-corrected chi connectivity index (χ2v) is 5.98. The van der Waals surface area contributed by atoms with Crippen LogP contribution < -0.4 is 0 Å². The van der Waals surface area contributed by atoms with Crippen molar-refractivity contribution in [3.8, 4) is 0 Å². The molecular formula is C14H15ClN2S2. The molecule has 19 heavy (non-hydrogen) atoms. The van der Waals surface area contributed by atoms with Crippen LogP contribution in [0.15, 0.2) is 29.2 Å². The Kier molecular flexibility index (Phi) is 5.02. The summed E-state index contributed by atoms with van der Waals surface area (Å²) in [7, 11) is 0. The molecule has 0 atom stereocenters. The van der Waals surface area contributed by atoms with E-state index in [1.165, 1.54) is 0 Å². The fourth-order valence-electron chi connectivity index (χ4n) is 1.76. The standard InChI is InChI=1S/C14H15ClN2S2/c1-3-11-9(2)14(18)17-13(16-11)8-19-12-7-5-4-6-10(12)15/h4-7H,3,8H2,1-2H3,(H,16,17,18). The van der Waals surface area contributed by atoms with Gasteiger partial charge in [-0.05, 0) is 25.5 Å². The summed E-state index contributed by atoms with van der Waals surface area (Å²) in [6, 6.07) is 7.82. The highest BCUT2D eigenvalue weighted by atomic mass is 35.5. The van der Waals surface area contributed by atoms with Crippen LogP contribution in [-0.2, 0) is 12.2 Å². The summed E-state index contributed by atoms with van der Waals surface area (Å²) in [4.78, 5) is 8.83. The second-order valence-electron chi connectivity index (χ2n) is 4.16. The third kappa shape index (κ3) is 3.59. The third-order valence-corrected chi connectivity index (χ3v) is 4.78. The zero-order chi connectivity index (χ0) is 13.8. The van der Waals surface area contributed by atoms with Gasteiger partial charge >= 0.3 is 0 Å². The SMILES string of the molecule is CCc1[nH]c(CSc2ccccc2Cl)nc(=S)c1C. The molecule has 1 aromatic carbocycles. The van der Waals surface area contributed by atoms with Gasteiger partial charge in [-0.3, -0.25) is 0 Å². The van der Waals surface area contributed by atoms with Gasteiger partial charge in [-0.2, -0.15) is 0 Å². The molecule has 2 aromatic rings. The molecule has 0 spiro atoms. The maximum Gasteiger partial charge on any atom is 0.132 e. The van der Waals surface area contributed by atoms with E-state index in [2.05, 4.69) is 16.9 Å². The Morgan fingerprint density at radius 3 is 2.79 bits per heavy atom. The molecule has 0 bridgehead atoms. The molecule has 0 unspecified atom stereocenters. The normalized spacial score (nSPS) is 10.7. The predicted octanol–water partition coefficient (Wildman–Crippen LogP) is 4.96. The molecule has 0 saturated carbocycles. The largest absolute Gasteiger partial charge is 0.346 e. The van der Waals surface area contributed by atoms with Crippen molar-refractivity contribution in [2.24, 2.45) is 0 Å². The summed E-state index contributed by atoms with van der Waals surface area (Å²) in [5.74, 6) is 1.64. The zero-order valence-corrected chi connectivity index (χ0v) is 13.3. The van der Waals surface area contributed by atoms with Gasteiger partial charge in [-0.15, -0.1) is 11.8 Å². The summed E-state index contributed by atoms with van der Waals surface area (Å²) < 4.78 is 0.686. The quantitative estimate of drug-likeness (QED) is 0.639. The predicted molar refractivity (Wildman–Crippen MR) is 84.5 cm³/mol. The molecule has 0 aliphatic carbocycles. The highest BCUT2D eigenvalue weighted by Crippen LogP contribution is 2.28. The van der Waals surface area contributed by atoms with Gasteiger partial charge in [0, 0.05) is 16.2 Å². The van der Waals surface area contributed by atoms with Crippen LogP contribution in [-0.4, -0.2) is 9.97 Å². The zero-order valence-electron chi connectivity index (χ0n) is 10.9. The van der Waals surface area contributed by atoms with E-state index in [1.807, 2.05) is 31.2 Å². The van der Waals surface area contributed by atoms with Crippen molar-refractivity contribution in [2.45, 2.75) is 30.9 Å². The van der Waals surface area contributed by atoms with Gasteiger partial charge in [0.15, 0.2) is 0 Å². The lowest BCUT2D eigenvalue weighted by Crippen LogP contribution is -2.01. The van der Waals surface area contributed by atoms with Crippen LogP contribution in [0.3, 0.4) is 0 Å². The maximum absolute atomic E-state index is 6.13. The molecular weight excluding hydrogens is 296 g/mol. The second kappa shape index (κ2) is 6.55. The minimum Gasteiger partial charge on any atom is -0.346 e. The van der Waals surface area contributed by atoms with Crippen LogP contribution in [0.4, 0.5) is 0 Å². The van der Waals surface area contributed by atoms with Crippen molar-refractivity contribution in [2.75, 3.05) is 0 Å². The monoisotopic (exact) mass is 310 g/mol. The van der Waals surface area contributed by atoms with Gasteiger partial charge < -0.3 is 4.98 Å². The molecule has 0 aliphatic rings. The Morgan fingerprint density at radius 1 is 1.37 bits per heavy atom. The Hall–Kier alpha value is -0.840. The summed E-state index contributed by atoms with van der Waals surface area (Å²) in [5, 5.41) is 0.772. The van der Waals surface area contributed by atoms with E-state index in [9.17, 15) is 0 Å². The summed E-state index contributed by atoms with van der Waals surface area (Å²) >= 11 is 13.1. The summed E-state index contributed by atoms with van der Waals surface area (Å²) in [5.41, 5.74) is 2.23. The van der Waals surface area contributed by atoms with Gasteiger partial charge in [0.25, 0.3) is 0 Å². The number of benzene rings is 1. The Bertz CT molecular complexity index is 638. The highest BCUT2D eigenvalue weighted by molar-refractivity contribution is 7.98. The molecule has 0 amide bonds. The Balaban J connectivity index is 2.19. The molecule has 2 nitrogen and oxygen atoms in total. The first-order chi connectivity index (χ1) is 9.11. The number of H-pyrrole nitrogens is 1. The number of aryl methyl sites for hydroxylation is 1. The fourth-order valence-corrected chi connectivity index (χ4v) is 3.10. The number of nitrogens with one attached hydrogen (secondary N) is 1. The number of thioether (sulfide) groups is 1. The van der Waals surface area contributed by atoms with Crippen LogP contribution in [0.1, 0.15) is 24.0 Å². The average Bonchev–Trinajstić information content (AvgIpc) is 2.41. The van der Waals surface area contributed by atoms with Crippen molar-refractivity contribution in [1.82, 2.24) is 9.97 Å². The maximum atomic E-state index is 6.13. The van der Waals surface area contributed by atoms with Crippen LogP contribution in [0, 0.1) is 11.6 Å². The topological polar surface area (TPSA) is 28.7 Å². The molecule has 0 radical (unpaired) electrons. The van der Waals surface area contributed by atoms with E-state index < -0.39 is 0 Å². The van der Waals surface area contributed by atoms with Gasteiger partial charge in [0.1, 0.15) is 10.5 Å². The Morgan fingerprint density at radius 2 is 2.11 bits per heavy atom. The van der Waals surface area contributed by atoms with Gasteiger partial charge in [-0.1, -0.05) is 42.9 Å². The van der Waals surface area contributed by atoms with Crippen molar-refractivity contribution in [3.63, 3.8) is 0 Å². The van der Waals surface area contributed by atoms with Crippen LogP contribution in [0.2, 0.25) is 5.02 Å². The number of aromatic nitrogens is 2. The number of aromatic amines is 1. The lowest BCUT2D eigenvalue weighted by molar-refractivity contribution is 0.910. The number of hydrogen-bond acceptors (Lipinski definition) is 3. The molecule has 0 fully saturated rings. The van der Waals surface area contributed by atoms with Gasteiger partial charge in [0.05, 0.1) is 10.8 Å². The first kappa shape index (κ1) is 14.6. The van der Waals surface area contributed by atoms with Crippen molar-refractivity contribution < 1.29 is 0 Å². The smallest absolute Gasteiger partial charge is 0.132 e. The van der Waals surface area contributed by atoms with E-state index in [4.69, 9.17) is 23.8 Å². The molecule has 1 N–H and O–H groups in total. The Labute approximate surface area is 127 Å². The lowest BCUT2D eigenvalue weighted by atomic mass is 10.2. The minimum atomic E-state index is 0.686. The number of nitrogens with zero attached hydrogens (tertiary/aromatic N) is 1. The van der Waals surface area contributed by atoms with E-state index in [-0.39, 0.29) is 0 Å². The summed E-state index contributed by atoms with van der Waals surface area (Å²) in [6.45, 7) is 4.12. The molecule has 0 saturated heterocycles. The van der Waals surface area contributed by atoms with E-state index in [0.717, 1.165) is 39.2 Å². The molecule has 5 heteroatoms. The first-order valence-electron chi connectivity index (χ1n) is 6.07. The van der Waals surface area contributed by atoms with Crippen molar-refractivity contribution in [1.29, 1.82) is 0 Å². The number of halogens is 1. The lowest BCUT2D eigenvalue weighted by Gasteiger charge is -2.08. The molecule has 1 aromatic heterocycles. The summed E-state index contributed by atoms with van der Waals surface area (Å²) in [6.07, 6.45) is 0.932. The molecule has 100 valence electrons. The van der Waals surface area contributed by atoms with Crippen molar-refractivity contribution >= 4 is 35.6 Å². The van der Waals surface area contributed by atoms with E-state index >= 15 is 0 Å². The van der Waals surface area contributed by atoms with Gasteiger partial charge in [0.2, 0.25) is 0 Å². The van der Waals surface area contributed by atoms with E-state index in [0.29, 0.717) is 4.64 Å². The number of rotatable bonds is 4. The minimum absolute atomic E-state index is 0.686. The average molecular weight is 311 g/mol.